The van der Waals surface area contributed by atoms with E-state index in [0.717, 1.165) is 23.3 Å². The molecule has 0 saturated carbocycles. The Bertz CT molecular complexity index is 638. The van der Waals surface area contributed by atoms with Crippen molar-refractivity contribution in [3.8, 4) is 5.75 Å². The van der Waals surface area contributed by atoms with Crippen LogP contribution in [0.2, 0.25) is 0 Å². The maximum Gasteiger partial charge on any atom is 0.181 e. The Morgan fingerprint density at radius 3 is 2.15 bits per heavy atom. The first-order valence-electron chi connectivity index (χ1n) is 8.76. The number of aryl methyl sites for hydroxylation is 1. The summed E-state index contributed by atoms with van der Waals surface area (Å²) in [7, 11) is 1.64. The third-order valence-corrected chi connectivity index (χ3v) is 4.18. The van der Waals surface area contributed by atoms with Crippen molar-refractivity contribution in [2.24, 2.45) is 0 Å². The van der Waals surface area contributed by atoms with Gasteiger partial charge in [-0.05, 0) is 37.1 Å². The number of methoxy groups -OCH3 is 1. The highest BCUT2D eigenvalue weighted by Gasteiger charge is 2.31. The van der Waals surface area contributed by atoms with Crippen molar-refractivity contribution < 1.29 is 24.4 Å². The monoisotopic (exact) mass is 360 g/mol. The second-order valence-electron chi connectivity index (χ2n) is 6.41. The minimum atomic E-state index is -0.803. The van der Waals surface area contributed by atoms with Gasteiger partial charge in [0.25, 0.3) is 0 Å². The average molecular weight is 360 g/mol. The molecule has 0 bridgehead atoms. The lowest BCUT2D eigenvalue weighted by atomic mass is 10.2. The highest BCUT2D eigenvalue weighted by Crippen LogP contribution is 2.22. The zero-order chi connectivity index (χ0) is 18.9. The Kier molecular flexibility index (Phi) is 8.06. The first kappa shape index (κ1) is 20.4. The van der Waals surface area contributed by atoms with Crippen molar-refractivity contribution in [1.29, 1.82) is 0 Å². The standard InChI is InChI=1S/C13H18O4.C8H10O/c1-9-7-12(13(14)17-9)16-8-10-3-5-11(15-2)6-4-10;1-7-2-4-8(6-9)5-3-7/h3-6,9,12-14H,7-8H2,1-2H3;2-5,9H,6H2,1H3. The summed E-state index contributed by atoms with van der Waals surface area (Å²) in [4.78, 5) is 0. The van der Waals surface area contributed by atoms with E-state index >= 15 is 0 Å². The van der Waals surface area contributed by atoms with Crippen LogP contribution in [0.25, 0.3) is 0 Å². The molecule has 3 unspecified atom stereocenters. The van der Waals surface area contributed by atoms with E-state index in [4.69, 9.17) is 19.3 Å². The van der Waals surface area contributed by atoms with Crippen molar-refractivity contribution in [2.45, 2.75) is 52.0 Å². The van der Waals surface area contributed by atoms with E-state index in [0.29, 0.717) is 6.61 Å². The molecule has 5 nitrogen and oxygen atoms in total. The number of hydrogen-bond donors (Lipinski definition) is 2. The fourth-order valence-corrected chi connectivity index (χ4v) is 2.59. The topological polar surface area (TPSA) is 68.2 Å². The van der Waals surface area contributed by atoms with E-state index in [2.05, 4.69) is 0 Å². The molecule has 1 fully saturated rings. The van der Waals surface area contributed by atoms with Crippen molar-refractivity contribution in [3.05, 3.63) is 65.2 Å². The molecule has 0 aliphatic carbocycles. The molecule has 26 heavy (non-hydrogen) atoms. The van der Waals surface area contributed by atoms with Gasteiger partial charge in [0.1, 0.15) is 11.9 Å². The van der Waals surface area contributed by atoms with Crippen LogP contribution in [0.5, 0.6) is 5.75 Å². The Labute approximate surface area is 155 Å². The second-order valence-corrected chi connectivity index (χ2v) is 6.41. The number of benzene rings is 2. The van der Waals surface area contributed by atoms with Crippen LogP contribution in [0.3, 0.4) is 0 Å². The molecule has 3 atom stereocenters. The van der Waals surface area contributed by atoms with Crippen LogP contribution in [0.15, 0.2) is 48.5 Å². The van der Waals surface area contributed by atoms with E-state index in [1.807, 2.05) is 62.4 Å². The molecule has 0 spiro atoms. The minimum Gasteiger partial charge on any atom is -0.497 e. The van der Waals surface area contributed by atoms with Gasteiger partial charge in [0, 0.05) is 6.42 Å². The molecule has 0 aromatic heterocycles. The quantitative estimate of drug-likeness (QED) is 0.857. The summed E-state index contributed by atoms with van der Waals surface area (Å²) < 4.78 is 15.9. The normalized spacial score (nSPS) is 21.8. The van der Waals surface area contributed by atoms with E-state index in [9.17, 15) is 5.11 Å². The van der Waals surface area contributed by atoms with Gasteiger partial charge in [-0.15, -0.1) is 0 Å². The van der Waals surface area contributed by atoms with Crippen LogP contribution in [0.1, 0.15) is 30.0 Å². The van der Waals surface area contributed by atoms with E-state index in [-0.39, 0.29) is 18.8 Å². The third kappa shape index (κ3) is 6.42. The number of rotatable bonds is 5. The summed E-state index contributed by atoms with van der Waals surface area (Å²) in [6.07, 6.45) is -0.238. The molecule has 1 saturated heterocycles. The maximum absolute atomic E-state index is 9.55. The molecule has 142 valence electrons. The molecule has 2 aromatic carbocycles. The molecule has 2 aromatic rings. The SMILES string of the molecule is COc1ccc(COC2CC(C)OC2O)cc1.Cc1ccc(CO)cc1. The van der Waals surface area contributed by atoms with Crippen LogP contribution in [0.4, 0.5) is 0 Å². The summed E-state index contributed by atoms with van der Waals surface area (Å²) in [6, 6.07) is 15.5. The lowest BCUT2D eigenvalue weighted by Gasteiger charge is -2.14. The Balaban J connectivity index is 0.000000228. The van der Waals surface area contributed by atoms with Gasteiger partial charge in [-0.3, -0.25) is 0 Å². The molecule has 1 aliphatic rings. The zero-order valence-electron chi connectivity index (χ0n) is 15.6. The van der Waals surface area contributed by atoms with Crippen LogP contribution in [-0.2, 0) is 22.7 Å². The summed E-state index contributed by atoms with van der Waals surface area (Å²) >= 11 is 0. The predicted octanol–water partition coefficient (Wildman–Crippen LogP) is 3.19. The Morgan fingerprint density at radius 1 is 1.04 bits per heavy atom. The van der Waals surface area contributed by atoms with Crippen LogP contribution in [0, 0.1) is 6.92 Å². The highest BCUT2D eigenvalue weighted by atomic mass is 16.6. The zero-order valence-corrected chi connectivity index (χ0v) is 15.6. The fourth-order valence-electron chi connectivity index (χ4n) is 2.59. The van der Waals surface area contributed by atoms with Gasteiger partial charge in [-0.2, -0.15) is 0 Å². The van der Waals surface area contributed by atoms with Crippen molar-refractivity contribution in [3.63, 3.8) is 0 Å². The number of aliphatic hydroxyl groups is 2. The summed E-state index contributed by atoms with van der Waals surface area (Å²) in [6.45, 7) is 4.57. The van der Waals surface area contributed by atoms with Crippen molar-refractivity contribution in [2.75, 3.05) is 7.11 Å². The highest BCUT2D eigenvalue weighted by molar-refractivity contribution is 5.26. The van der Waals surface area contributed by atoms with E-state index in [1.54, 1.807) is 7.11 Å². The summed E-state index contributed by atoms with van der Waals surface area (Å²) in [5.74, 6) is 0.826. The average Bonchev–Trinajstić information content (AvgIpc) is 2.99. The van der Waals surface area contributed by atoms with Gasteiger partial charge in [0.2, 0.25) is 0 Å². The third-order valence-electron chi connectivity index (χ3n) is 4.18. The Hall–Kier alpha value is -1.92. The largest absolute Gasteiger partial charge is 0.497 e. The lowest BCUT2D eigenvalue weighted by Crippen LogP contribution is -2.23. The van der Waals surface area contributed by atoms with Gasteiger partial charge >= 0.3 is 0 Å². The number of ether oxygens (including phenoxy) is 3. The molecular weight excluding hydrogens is 332 g/mol. The first-order chi connectivity index (χ1) is 12.5. The molecule has 3 rings (SSSR count). The smallest absolute Gasteiger partial charge is 0.181 e. The molecule has 1 heterocycles. The van der Waals surface area contributed by atoms with Crippen LogP contribution < -0.4 is 4.74 Å². The minimum absolute atomic E-state index is 0.0610. The van der Waals surface area contributed by atoms with E-state index in [1.165, 1.54) is 5.56 Å². The second kappa shape index (κ2) is 10.3. The molecular formula is C21H28O5. The van der Waals surface area contributed by atoms with Crippen LogP contribution >= 0.6 is 0 Å². The molecule has 5 heteroatoms. The number of hydrogen-bond acceptors (Lipinski definition) is 5. The predicted molar refractivity (Wildman–Crippen MR) is 99.8 cm³/mol. The van der Waals surface area contributed by atoms with Gasteiger partial charge in [-0.25, -0.2) is 0 Å². The lowest BCUT2D eigenvalue weighted by molar-refractivity contribution is -0.142. The molecule has 0 radical (unpaired) electrons. The van der Waals surface area contributed by atoms with Gasteiger partial charge in [-0.1, -0.05) is 42.0 Å². The number of aliphatic hydroxyl groups excluding tert-OH is 2. The maximum atomic E-state index is 9.55. The van der Waals surface area contributed by atoms with Crippen molar-refractivity contribution >= 4 is 0 Å². The van der Waals surface area contributed by atoms with Gasteiger partial charge in [0.15, 0.2) is 6.29 Å². The summed E-state index contributed by atoms with van der Waals surface area (Å²) in [5.41, 5.74) is 3.25. The van der Waals surface area contributed by atoms with Gasteiger partial charge in [0.05, 0.1) is 26.4 Å². The van der Waals surface area contributed by atoms with Crippen LogP contribution in [-0.4, -0.2) is 35.8 Å². The summed E-state index contributed by atoms with van der Waals surface area (Å²) in [5, 5.41) is 18.2. The van der Waals surface area contributed by atoms with Gasteiger partial charge < -0.3 is 24.4 Å². The molecule has 1 aliphatic heterocycles. The first-order valence-corrected chi connectivity index (χ1v) is 8.76. The molecule has 0 amide bonds. The van der Waals surface area contributed by atoms with Crippen molar-refractivity contribution in [1.82, 2.24) is 0 Å². The fraction of sp³-hybridized carbons (Fsp3) is 0.429. The van der Waals surface area contributed by atoms with E-state index < -0.39 is 6.29 Å². The molecule has 2 N–H and O–H groups in total. The Morgan fingerprint density at radius 2 is 1.65 bits per heavy atom.